The van der Waals surface area contributed by atoms with Gasteiger partial charge in [-0.05, 0) is 70.8 Å². The van der Waals surface area contributed by atoms with Crippen LogP contribution in [0.15, 0.2) is 182 Å². The molecule has 57 heavy (non-hydrogen) atoms. The second-order valence-corrected chi connectivity index (χ2v) is 14.6. The minimum atomic E-state index is -0.278. The summed E-state index contributed by atoms with van der Waals surface area (Å²) in [7, 11) is 0. The van der Waals surface area contributed by atoms with E-state index < -0.39 is 0 Å². The number of nitrogens with zero attached hydrogens (tertiary/aromatic N) is 2. The first-order chi connectivity index (χ1) is 28.1. The zero-order valence-corrected chi connectivity index (χ0v) is 31.6. The molecule has 3 nitrogen and oxygen atoms in total. The number of nitrogens with two attached hydrogens (primary N) is 1. The number of fused-ring (bicyclic) bond motifs is 13. The van der Waals surface area contributed by atoms with Crippen LogP contribution >= 0.6 is 0 Å². The number of hydrogen-bond acceptors (Lipinski definition) is 1. The van der Waals surface area contributed by atoms with E-state index in [0.29, 0.717) is 0 Å². The summed E-state index contributed by atoms with van der Waals surface area (Å²) in [5.74, 6) is 2.79. The molecule has 0 radical (unpaired) electrons. The first-order valence-corrected chi connectivity index (χ1v) is 19.4. The van der Waals surface area contributed by atoms with Gasteiger partial charge >= 0.3 is 0 Å². The number of para-hydroxylation sites is 2. The van der Waals surface area contributed by atoms with Crippen molar-refractivity contribution in [2.24, 2.45) is 5.73 Å². The van der Waals surface area contributed by atoms with Gasteiger partial charge in [0.25, 0.3) is 0 Å². The third-order valence-electron chi connectivity index (χ3n) is 11.4. The monoisotopic (exact) mass is 729 g/mol. The predicted octanol–water partition coefficient (Wildman–Crippen LogP) is 13.4. The van der Waals surface area contributed by atoms with Crippen LogP contribution in [-0.4, -0.2) is 9.13 Å². The summed E-state index contributed by atoms with van der Waals surface area (Å²) in [6.45, 7) is 2.20. The molecule has 1 atom stereocenters. The minimum Gasteiger partial charge on any atom is -0.321 e. The number of benzene rings is 8. The fourth-order valence-corrected chi connectivity index (χ4v) is 8.96. The van der Waals surface area contributed by atoms with Crippen LogP contribution in [0, 0.1) is 19.3 Å². The van der Waals surface area contributed by atoms with Gasteiger partial charge < -0.3 is 14.9 Å². The van der Waals surface area contributed by atoms with Crippen LogP contribution in [0.1, 0.15) is 28.4 Å². The molecule has 2 heterocycles. The normalized spacial score (nSPS) is 13.0. The van der Waals surface area contributed by atoms with E-state index in [0.717, 1.165) is 39.2 Å². The third-order valence-corrected chi connectivity index (χ3v) is 11.4. The van der Waals surface area contributed by atoms with Gasteiger partial charge in [0.2, 0.25) is 0 Å². The highest BCUT2D eigenvalue weighted by Gasteiger charge is 2.25. The molecule has 1 unspecified atom stereocenters. The van der Waals surface area contributed by atoms with E-state index in [9.17, 15) is 0 Å². The van der Waals surface area contributed by atoms with E-state index in [1.807, 2.05) is 30.3 Å². The van der Waals surface area contributed by atoms with Crippen LogP contribution in [0.2, 0.25) is 0 Å². The molecular weight excluding hydrogens is 691 g/mol. The molecule has 0 spiro atoms. The van der Waals surface area contributed by atoms with Gasteiger partial charge in [0.15, 0.2) is 0 Å². The maximum Gasteiger partial charge on any atom is 0.0626 e. The molecule has 0 aliphatic carbocycles. The largest absolute Gasteiger partial charge is 0.321 e. The molecule has 0 aliphatic heterocycles. The molecule has 0 amide bonds. The van der Waals surface area contributed by atoms with Crippen molar-refractivity contribution in [1.29, 1.82) is 0 Å². The molecule has 0 bridgehead atoms. The Balaban J connectivity index is 1.37. The molecule has 0 aliphatic rings. The highest BCUT2D eigenvalue weighted by molar-refractivity contribution is 6.43. The molecule has 10 aromatic rings. The lowest BCUT2D eigenvalue weighted by Crippen LogP contribution is -2.07. The molecule has 2 N–H and O–H groups in total. The Morgan fingerprint density at radius 1 is 0.596 bits per heavy atom. The second-order valence-electron chi connectivity index (χ2n) is 14.6. The number of rotatable bonds is 7. The van der Waals surface area contributed by atoms with Gasteiger partial charge in [0, 0.05) is 66.9 Å². The van der Waals surface area contributed by atoms with E-state index in [1.54, 1.807) is 0 Å². The standard InChI is InChI=1S/C54H39N3/c1-3-4-26-41-36(2)56(34-33-39(37-20-8-5-9-21-37)35-47(55)38-22-10-6-11-23-38)53-44-29-16-14-27-42(44)50-49(51(41)53)43-28-15-17-30-45(43)54-52(50)46-31-18-19-32-48(46)57(54)40-24-12-7-13-25-40/h1,4-35,47H,55H2,2H3/b26-4-,34-33+,39-35+. The maximum absolute atomic E-state index is 6.85. The number of terminal acetylenes is 1. The summed E-state index contributed by atoms with van der Waals surface area (Å²) in [5, 5.41) is 10.9. The molecule has 270 valence electrons. The second kappa shape index (κ2) is 14.0. The third kappa shape index (κ3) is 5.50. The Kier molecular flexibility index (Phi) is 8.41. The number of hydrogen-bond donors (Lipinski definition) is 1. The van der Waals surface area contributed by atoms with Crippen LogP contribution in [0.25, 0.3) is 88.6 Å². The summed E-state index contributed by atoms with van der Waals surface area (Å²) in [6.07, 6.45) is 16.4. The Bertz CT molecular complexity index is 3300. The van der Waals surface area contributed by atoms with Gasteiger partial charge in [-0.2, -0.15) is 0 Å². The lowest BCUT2D eigenvalue weighted by molar-refractivity contribution is 0.914. The van der Waals surface area contributed by atoms with Crippen molar-refractivity contribution in [3.05, 3.63) is 204 Å². The highest BCUT2D eigenvalue weighted by atomic mass is 15.0. The lowest BCUT2D eigenvalue weighted by atomic mass is 9.89. The smallest absolute Gasteiger partial charge is 0.0626 e. The molecule has 0 fully saturated rings. The summed E-state index contributed by atoms with van der Waals surface area (Å²) < 4.78 is 4.80. The number of aromatic nitrogens is 2. The van der Waals surface area contributed by atoms with E-state index in [4.69, 9.17) is 12.2 Å². The summed E-state index contributed by atoms with van der Waals surface area (Å²) in [4.78, 5) is 0. The van der Waals surface area contributed by atoms with E-state index in [1.165, 1.54) is 59.5 Å². The molecular formula is C54H39N3. The van der Waals surface area contributed by atoms with Crippen LogP contribution < -0.4 is 5.73 Å². The quantitative estimate of drug-likeness (QED) is 0.0989. The minimum absolute atomic E-state index is 0.278. The lowest BCUT2D eigenvalue weighted by Gasteiger charge is -2.16. The van der Waals surface area contributed by atoms with Gasteiger partial charge in [-0.1, -0.05) is 158 Å². The number of allylic oxidation sites excluding steroid dienone is 3. The van der Waals surface area contributed by atoms with Crippen LogP contribution in [-0.2, 0) is 0 Å². The first-order valence-electron chi connectivity index (χ1n) is 19.4. The molecule has 3 heteroatoms. The summed E-state index contributed by atoms with van der Waals surface area (Å²) >= 11 is 0. The topological polar surface area (TPSA) is 35.9 Å². The van der Waals surface area contributed by atoms with Crippen molar-refractivity contribution in [2.75, 3.05) is 0 Å². The Labute approximate surface area is 331 Å². The van der Waals surface area contributed by atoms with Crippen molar-refractivity contribution in [3.63, 3.8) is 0 Å². The average Bonchev–Trinajstić information content (AvgIpc) is 3.76. The van der Waals surface area contributed by atoms with E-state index >= 15 is 0 Å². The van der Waals surface area contributed by atoms with Crippen LogP contribution in [0.5, 0.6) is 0 Å². The van der Waals surface area contributed by atoms with Gasteiger partial charge in [-0.15, -0.1) is 6.42 Å². The summed E-state index contributed by atoms with van der Waals surface area (Å²) in [5.41, 5.74) is 16.9. The Morgan fingerprint density at radius 3 is 1.81 bits per heavy atom. The predicted molar refractivity (Wildman–Crippen MR) is 245 cm³/mol. The molecule has 0 saturated heterocycles. The highest BCUT2D eigenvalue weighted by Crippen LogP contribution is 2.49. The zero-order valence-electron chi connectivity index (χ0n) is 31.6. The molecule has 0 saturated carbocycles. The molecule has 2 aromatic heterocycles. The Morgan fingerprint density at radius 2 is 1.14 bits per heavy atom. The zero-order chi connectivity index (χ0) is 38.5. The van der Waals surface area contributed by atoms with Crippen molar-refractivity contribution in [1.82, 2.24) is 9.13 Å². The maximum atomic E-state index is 6.85. The molecule has 8 aromatic carbocycles. The van der Waals surface area contributed by atoms with Crippen molar-refractivity contribution in [3.8, 4) is 18.0 Å². The van der Waals surface area contributed by atoms with Gasteiger partial charge in [0.05, 0.1) is 16.6 Å². The van der Waals surface area contributed by atoms with Crippen molar-refractivity contribution in [2.45, 2.75) is 13.0 Å². The van der Waals surface area contributed by atoms with Gasteiger partial charge in [-0.3, -0.25) is 0 Å². The fourth-order valence-electron chi connectivity index (χ4n) is 8.96. The van der Waals surface area contributed by atoms with Crippen LogP contribution in [0.4, 0.5) is 0 Å². The van der Waals surface area contributed by atoms with Crippen molar-refractivity contribution >= 4 is 82.9 Å². The fraction of sp³-hybridized carbons (Fsp3) is 0.0370. The average molecular weight is 730 g/mol. The van der Waals surface area contributed by atoms with E-state index in [-0.39, 0.29) is 6.04 Å². The van der Waals surface area contributed by atoms with Crippen LogP contribution in [0.3, 0.4) is 0 Å². The molecule has 10 rings (SSSR count). The Hall–Kier alpha value is -7.38. The SMILES string of the molecule is C#C/C=C\c1c(C)n(/C=C/C(=C\C(N)c2ccccc2)c2ccccc2)c2c3ccccc3c3c(c4ccccc4c4c3c3ccccc3n4-c3ccccc3)c12. The van der Waals surface area contributed by atoms with Gasteiger partial charge in [0.1, 0.15) is 0 Å². The van der Waals surface area contributed by atoms with Crippen molar-refractivity contribution < 1.29 is 0 Å². The summed E-state index contributed by atoms with van der Waals surface area (Å²) in [6, 6.07) is 57.8. The van der Waals surface area contributed by atoms with Gasteiger partial charge in [-0.25, -0.2) is 0 Å². The first kappa shape index (κ1) is 34.1. The van der Waals surface area contributed by atoms with E-state index in [2.05, 4.69) is 186 Å².